The molecule has 0 bridgehead atoms. The second-order valence-corrected chi connectivity index (χ2v) is 7.15. The molecule has 0 radical (unpaired) electrons. The molecule has 0 saturated carbocycles. The van der Waals surface area contributed by atoms with Crippen LogP contribution in [0.3, 0.4) is 0 Å². The van der Waals surface area contributed by atoms with Crippen LogP contribution in [0.5, 0.6) is 5.75 Å². The number of hydrogen-bond acceptors (Lipinski definition) is 4. The molecule has 0 spiro atoms. The van der Waals surface area contributed by atoms with Gasteiger partial charge in [0, 0.05) is 0 Å². The van der Waals surface area contributed by atoms with Gasteiger partial charge in [-0.05, 0) is 47.5 Å². The topological polar surface area (TPSA) is 82.2 Å². The highest BCUT2D eigenvalue weighted by Gasteiger charge is 2.12. The number of para-hydroxylation sites is 1. The molecular weight excluding hydrogens is 382 g/mol. The van der Waals surface area contributed by atoms with Gasteiger partial charge in [0.05, 0.1) is 36.6 Å². The average Bonchev–Trinajstić information content (AvgIpc) is 3.25. The summed E-state index contributed by atoms with van der Waals surface area (Å²) in [5.74, 6) is 0.348. The van der Waals surface area contributed by atoms with Gasteiger partial charge in [0.15, 0.2) is 5.58 Å². The van der Waals surface area contributed by atoms with Crippen molar-refractivity contribution in [1.82, 2.24) is 14.3 Å². The molecule has 7 heteroatoms. The Kier molecular flexibility index (Phi) is 4.28. The number of H-pyrrole nitrogens is 1. The zero-order chi connectivity index (χ0) is 20.7. The fourth-order valence-corrected chi connectivity index (χ4v) is 3.67. The predicted octanol–water partition coefficient (Wildman–Crippen LogP) is 3.34. The molecule has 0 fully saturated rings. The van der Waals surface area contributed by atoms with Crippen LogP contribution in [0, 0.1) is 0 Å². The summed E-state index contributed by atoms with van der Waals surface area (Å²) >= 11 is 0. The van der Waals surface area contributed by atoms with Crippen LogP contribution in [0.15, 0.2) is 80.7 Å². The monoisotopic (exact) mass is 401 g/mol. The first-order chi connectivity index (χ1) is 14.6. The van der Waals surface area contributed by atoms with Crippen LogP contribution in [0.2, 0.25) is 0 Å². The van der Waals surface area contributed by atoms with E-state index in [0.29, 0.717) is 29.6 Å². The zero-order valence-electron chi connectivity index (χ0n) is 16.3. The highest BCUT2D eigenvalue weighted by atomic mass is 16.5. The molecule has 7 nitrogen and oxygen atoms in total. The Bertz CT molecular complexity index is 1470. The maximum atomic E-state index is 12.5. The molecule has 2 aromatic heterocycles. The Morgan fingerprint density at radius 1 is 0.933 bits per heavy atom. The van der Waals surface area contributed by atoms with E-state index in [1.54, 1.807) is 28.5 Å². The van der Waals surface area contributed by atoms with Crippen LogP contribution in [-0.2, 0) is 13.1 Å². The first-order valence-corrected chi connectivity index (χ1v) is 9.55. The van der Waals surface area contributed by atoms with E-state index in [1.807, 2.05) is 54.6 Å². The minimum Gasteiger partial charge on any atom is -0.497 e. The summed E-state index contributed by atoms with van der Waals surface area (Å²) in [4.78, 5) is 25.0. The van der Waals surface area contributed by atoms with Crippen LogP contribution in [0.1, 0.15) is 11.1 Å². The zero-order valence-corrected chi connectivity index (χ0v) is 16.3. The van der Waals surface area contributed by atoms with Gasteiger partial charge in [0.25, 0.3) is 5.56 Å². The van der Waals surface area contributed by atoms with E-state index in [-0.39, 0.29) is 5.56 Å². The van der Waals surface area contributed by atoms with Crippen molar-refractivity contribution in [1.29, 1.82) is 0 Å². The average molecular weight is 401 g/mol. The summed E-state index contributed by atoms with van der Waals surface area (Å²) in [6.07, 6.45) is 0. The number of hydrogen-bond donors (Lipinski definition) is 1. The standard InChI is InChI=1S/C23H19N3O4/c1-29-17-9-6-15(7-10-17)13-25-20-11-8-16(12-21(20)30-23(25)28)14-26-22(27)18-4-2-3-5-19(18)24-26/h2-12,24H,13-14H2,1H3. The van der Waals surface area contributed by atoms with Crippen LogP contribution >= 0.6 is 0 Å². The summed E-state index contributed by atoms with van der Waals surface area (Å²) in [6, 6.07) is 20.5. The Hall–Kier alpha value is -4.00. The van der Waals surface area contributed by atoms with E-state index in [9.17, 15) is 9.59 Å². The van der Waals surface area contributed by atoms with Gasteiger partial charge in [0.1, 0.15) is 5.75 Å². The number of aromatic nitrogens is 3. The Labute approximate surface area is 170 Å². The molecule has 5 aromatic rings. The summed E-state index contributed by atoms with van der Waals surface area (Å²) in [7, 11) is 1.62. The number of oxazole rings is 1. The smallest absolute Gasteiger partial charge is 0.420 e. The lowest BCUT2D eigenvalue weighted by molar-refractivity contribution is 0.414. The molecule has 0 aliphatic carbocycles. The van der Waals surface area contributed by atoms with Crippen LogP contribution in [0.25, 0.3) is 22.0 Å². The third kappa shape index (κ3) is 3.10. The lowest BCUT2D eigenvalue weighted by atomic mass is 10.2. The van der Waals surface area contributed by atoms with Gasteiger partial charge in [-0.3, -0.25) is 14.5 Å². The number of ether oxygens (including phenoxy) is 1. The maximum Gasteiger partial charge on any atom is 0.420 e. The van der Waals surface area contributed by atoms with Crippen molar-refractivity contribution in [3.8, 4) is 5.75 Å². The second kappa shape index (κ2) is 7.11. The molecule has 2 heterocycles. The number of benzene rings is 3. The molecule has 0 saturated heterocycles. The third-order valence-corrected chi connectivity index (χ3v) is 5.23. The van der Waals surface area contributed by atoms with Crippen LogP contribution in [-0.4, -0.2) is 21.5 Å². The third-order valence-electron chi connectivity index (χ3n) is 5.23. The number of nitrogens with one attached hydrogen (secondary N) is 1. The maximum absolute atomic E-state index is 12.5. The van der Waals surface area contributed by atoms with Crippen molar-refractivity contribution >= 4 is 22.0 Å². The predicted molar refractivity (Wildman–Crippen MR) is 114 cm³/mol. The van der Waals surface area contributed by atoms with Gasteiger partial charge < -0.3 is 9.15 Å². The highest BCUT2D eigenvalue weighted by molar-refractivity contribution is 5.77. The number of fused-ring (bicyclic) bond motifs is 2. The minimum absolute atomic E-state index is 0.0794. The van der Waals surface area contributed by atoms with Gasteiger partial charge in [-0.2, -0.15) is 0 Å². The Morgan fingerprint density at radius 2 is 1.70 bits per heavy atom. The molecule has 0 unspecified atom stereocenters. The van der Waals surface area contributed by atoms with E-state index in [4.69, 9.17) is 9.15 Å². The van der Waals surface area contributed by atoms with Gasteiger partial charge in [0.2, 0.25) is 0 Å². The Balaban J connectivity index is 1.47. The molecule has 3 aromatic carbocycles. The fraction of sp³-hybridized carbons (Fsp3) is 0.130. The second-order valence-electron chi connectivity index (χ2n) is 7.15. The van der Waals surface area contributed by atoms with Crippen LogP contribution in [0.4, 0.5) is 0 Å². The van der Waals surface area contributed by atoms with Gasteiger partial charge in [-0.15, -0.1) is 0 Å². The summed E-state index contributed by atoms with van der Waals surface area (Å²) in [5, 5.41) is 3.76. The van der Waals surface area contributed by atoms with E-state index in [1.165, 1.54) is 0 Å². The van der Waals surface area contributed by atoms with Crippen LogP contribution < -0.4 is 16.1 Å². The van der Waals surface area contributed by atoms with Gasteiger partial charge in [-0.1, -0.05) is 30.3 Å². The van der Waals surface area contributed by atoms with E-state index in [0.717, 1.165) is 22.4 Å². The lowest BCUT2D eigenvalue weighted by Crippen LogP contribution is -2.17. The lowest BCUT2D eigenvalue weighted by Gasteiger charge is -2.05. The summed E-state index contributed by atoms with van der Waals surface area (Å²) in [5.41, 5.74) is 3.75. The highest BCUT2D eigenvalue weighted by Crippen LogP contribution is 2.18. The van der Waals surface area contributed by atoms with Crippen molar-refractivity contribution in [2.75, 3.05) is 7.11 Å². The van der Waals surface area contributed by atoms with Gasteiger partial charge >= 0.3 is 5.76 Å². The van der Waals surface area contributed by atoms with E-state index in [2.05, 4.69) is 5.10 Å². The number of aromatic amines is 1. The molecule has 5 rings (SSSR count). The van der Waals surface area contributed by atoms with Gasteiger partial charge in [-0.25, -0.2) is 9.48 Å². The Morgan fingerprint density at radius 3 is 2.47 bits per heavy atom. The van der Waals surface area contributed by atoms with Crippen molar-refractivity contribution in [2.45, 2.75) is 13.1 Å². The molecule has 0 aliphatic rings. The normalized spacial score (nSPS) is 11.4. The van der Waals surface area contributed by atoms with E-state index < -0.39 is 5.76 Å². The first-order valence-electron chi connectivity index (χ1n) is 9.55. The molecule has 30 heavy (non-hydrogen) atoms. The van der Waals surface area contributed by atoms with Crippen molar-refractivity contribution in [3.63, 3.8) is 0 Å². The molecule has 0 aliphatic heterocycles. The molecule has 1 N–H and O–H groups in total. The molecule has 0 atom stereocenters. The molecule has 0 amide bonds. The fourth-order valence-electron chi connectivity index (χ4n) is 3.67. The van der Waals surface area contributed by atoms with E-state index >= 15 is 0 Å². The summed E-state index contributed by atoms with van der Waals surface area (Å²) in [6.45, 7) is 0.757. The number of rotatable bonds is 5. The number of methoxy groups -OCH3 is 1. The van der Waals surface area contributed by atoms with Crippen molar-refractivity contribution in [2.24, 2.45) is 0 Å². The summed E-state index contributed by atoms with van der Waals surface area (Å²) < 4.78 is 13.8. The van der Waals surface area contributed by atoms with Crippen molar-refractivity contribution in [3.05, 3.63) is 98.8 Å². The number of nitrogens with zero attached hydrogens (tertiary/aromatic N) is 2. The quantitative estimate of drug-likeness (QED) is 0.490. The SMILES string of the molecule is COc1ccc(Cn2c(=O)oc3cc(Cn4[nH]c5ccccc5c4=O)ccc32)cc1. The largest absolute Gasteiger partial charge is 0.497 e. The minimum atomic E-state index is -0.416. The molecule has 150 valence electrons. The molecular formula is C23H19N3O4. The first kappa shape index (κ1) is 18.1. The van der Waals surface area contributed by atoms with Crippen molar-refractivity contribution < 1.29 is 9.15 Å².